The normalized spacial score (nSPS) is 23.9. The molecule has 3 rings (SSSR count). The first-order chi connectivity index (χ1) is 10.7. The van der Waals surface area contributed by atoms with E-state index in [2.05, 4.69) is 5.32 Å². The standard InChI is InChI=1S/C18H18ClNOS/c1-20-18(15-8-2-3-9-16(15)19)10-4-6-13(17(18)21)12-14-7-5-11-22-14/h2-3,5,7-9,11-12,20H,4,6,10H2,1H3/b13-12-/t18-/m1/s1. The average molecular weight is 332 g/mol. The van der Waals surface area contributed by atoms with Gasteiger partial charge in [-0.05, 0) is 61.0 Å². The van der Waals surface area contributed by atoms with Crippen LogP contribution in [-0.4, -0.2) is 12.8 Å². The lowest BCUT2D eigenvalue weighted by Crippen LogP contribution is -2.50. The van der Waals surface area contributed by atoms with Crippen LogP contribution in [0, 0.1) is 0 Å². The first kappa shape index (κ1) is 15.5. The number of Topliss-reactive ketones (excluding diaryl/α,β-unsaturated/α-hetero) is 1. The fourth-order valence-corrected chi connectivity index (χ4v) is 4.14. The van der Waals surface area contributed by atoms with E-state index in [9.17, 15) is 4.79 Å². The fourth-order valence-electron chi connectivity index (χ4n) is 3.17. The molecule has 1 aromatic carbocycles. The maximum Gasteiger partial charge on any atom is 0.183 e. The van der Waals surface area contributed by atoms with E-state index in [1.165, 1.54) is 0 Å². The van der Waals surface area contributed by atoms with Gasteiger partial charge in [-0.3, -0.25) is 4.79 Å². The van der Waals surface area contributed by atoms with Crippen LogP contribution >= 0.6 is 22.9 Å². The quantitative estimate of drug-likeness (QED) is 0.829. The van der Waals surface area contributed by atoms with Crippen molar-refractivity contribution in [2.24, 2.45) is 0 Å². The highest BCUT2D eigenvalue weighted by Crippen LogP contribution is 2.40. The molecular formula is C18H18ClNOS. The van der Waals surface area contributed by atoms with Gasteiger partial charge in [0.15, 0.2) is 5.78 Å². The summed E-state index contributed by atoms with van der Waals surface area (Å²) in [4.78, 5) is 14.3. The molecule has 1 aliphatic carbocycles. The smallest absolute Gasteiger partial charge is 0.183 e. The lowest BCUT2D eigenvalue weighted by Gasteiger charge is -2.37. The van der Waals surface area contributed by atoms with Crippen LogP contribution in [0.15, 0.2) is 47.4 Å². The highest BCUT2D eigenvalue weighted by molar-refractivity contribution is 7.10. The molecule has 1 saturated carbocycles. The van der Waals surface area contributed by atoms with Crippen molar-refractivity contribution in [2.45, 2.75) is 24.8 Å². The summed E-state index contributed by atoms with van der Waals surface area (Å²) in [5.41, 5.74) is 1.04. The van der Waals surface area contributed by atoms with Gasteiger partial charge in [0, 0.05) is 9.90 Å². The lowest BCUT2D eigenvalue weighted by atomic mass is 9.73. The molecule has 2 aromatic rings. The van der Waals surface area contributed by atoms with Gasteiger partial charge >= 0.3 is 0 Å². The molecule has 0 bridgehead atoms. The second-order valence-electron chi connectivity index (χ2n) is 5.50. The van der Waals surface area contributed by atoms with Crippen molar-refractivity contribution in [1.82, 2.24) is 5.32 Å². The summed E-state index contributed by atoms with van der Waals surface area (Å²) in [5.74, 6) is 0.141. The van der Waals surface area contributed by atoms with Gasteiger partial charge in [-0.2, -0.15) is 0 Å². The minimum Gasteiger partial charge on any atom is -0.304 e. The molecule has 1 aliphatic rings. The number of thiophene rings is 1. The highest BCUT2D eigenvalue weighted by Gasteiger charge is 2.43. The van der Waals surface area contributed by atoms with E-state index in [0.717, 1.165) is 35.3 Å². The maximum atomic E-state index is 13.2. The zero-order valence-electron chi connectivity index (χ0n) is 12.4. The van der Waals surface area contributed by atoms with Crippen LogP contribution < -0.4 is 5.32 Å². The predicted octanol–water partition coefficient (Wildman–Crippen LogP) is 4.65. The van der Waals surface area contributed by atoms with Crippen LogP contribution in [0.25, 0.3) is 6.08 Å². The first-order valence-electron chi connectivity index (χ1n) is 7.40. The molecule has 1 heterocycles. The van der Waals surface area contributed by atoms with Gasteiger partial charge in [-0.15, -0.1) is 11.3 Å². The van der Waals surface area contributed by atoms with Crippen LogP contribution in [0.2, 0.25) is 5.02 Å². The molecule has 114 valence electrons. The number of nitrogens with one attached hydrogen (secondary N) is 1. The molecule has 1 atom stereocenters. The molecule has 0 aliphatic heterocycles. The van der Waals surface area contributed by atoms with Crippen LogP contribution in [-0.2, 0) is 10.3 Å². The molecule has 1 N–H and O–H groups in total. The van der Waals surface area contributed by atoms with Crippen molar-refractivity contribution < 1.29 is 4.79 Å². The molecule has 0 radical (unpaired) electrons. The summed E-state index contributed by atoms with van der Waals surface area (Å²) in [7, 11) is 1.84. The van der Waals surface area contributed by atoms with E-state index in [4.69, 9.17) is 11.6 Å². The maximum absolute atomic E-state index is 13.2. The first-order valence-corrected chi connectivity index (χ1v) is 8.66. The van der Waals surface area contributed by atoms with Gasteiger partial charge in [0.2, 0.25) is 0 Å². The lowest BCUT2D eigenvalue weighted by molar-refractivity contribution is -0.123. The van der Waals surface area contributed by atoms with Crippen molar-refractivity contribution in [3.05, 3.63) is 62.8 Å². The number of hydrogen-bond donors (Lipinski definition) is 1. The number of benzene rings is 1. The van der Waals surface area contributed by atoms with E-state index < -0.39 is 5.54 Å². The molecule has 0 saturated heterocycles. The molecule has 0 unspecified atom stereocenters. The van der Waals surface area contributed by atoms with Gasteiger partial charge in [-0.1, -0.05) is 35.9 Å². The number of ketones is 1. The SMILES string of the molecule is CN[C@@]1(c2ccccc2Cl)CCC/C(=C/c2cccs2)C1=O. The van der Waals surface area contributed by atoms with Gasteiger partial charge in [0.1, 0.15) is 5.54 Å². The minimum atomic E-state index is -0.709. The molecule has 0 amide bonds. The minimum absolute atomic E-state index is 0.141. The molecule has 1 fully saturated rings. The molecule has 0 spiro atoms. The summed E-state index contributed by atoms with van der Waals surface area (Å²) in [6, 6.07) is 11.7. The van der Waals surface area contributed by atoms with Crippen LogP contribution in [0.3, 0.4) is 0 Å². The highest BCUT2D eigenvalue weighted by atomic mass is 35.5. The molecule has 22 heavy (non-hydrogen) atoms. The molecule has 2 nitrogen and oxygen atoms in total. The number of rotatable bonds is 3. The molecular weight excluding hydrogens is 314 g/mol. The van der Waals surface area contributed by atoms with E-state index >= 15 is 0 Å². The topological polar surface area (TPSA) is 29.1 Å². The van der Waals surface area contributed by atoms with E-state index in [0.29, 0.717) is 5.02 Å². The number of hydrogen-bond acceptors (Lipinski definition) is 3. The second kappa shape index (κ2) is 6.37. The van der Waals surface area contributed by atoms with Crippen LogP contribution in [0.1, 0.15) is 29.7 Å². The third kappa shape index (κ3) is 2.65. The van der Waals surface area contributed by atoms with Crippen molar-refractivity contribution >= 4 is 34.8 Å². The Morgan fingerprint density at radius 2 is 2.09 bits per heavy atom. The van der Waals surface area contributed by atoms with E-state index in [-0.39, 0.29) is 5.78 Å². The van der Waals surface area contributed by atoms with Crippen LogP contribution in [0.4, 0.5) is 0 Å². The Hall–Kier alpha value is -1.42. The Bertz CT molecular complexity index is 708. The second-order valence-corrected chi connectivity index (χ2v) is 6.89. The molecule has 4 heteroatoms. The van der Waals surface area contributed by atoms with Crippen LogP contribution in [0.5, 0.6) is 0 Å². The van der Waals surface area contributed by atoms with Crippen molar-refractivity contribution in [3.63, 3.8) is 0 Å². The monoisotopic (exact) mass is 331 g/mol. The summed E-state index contributed by atoms with van der Waals surface area (Å²) in [6.07, 6.45) is 4.59. The van der Waals surface area contributed by atoms with E-state index in [1.54, 1.807) is 11.3 Å². The predicted molar refractivity (Wildman–Crippen MR) is 93.3 cm³/mol. The van der Waals surface area contributed by atoms with Gasteiger partial charge in [0.05, 0.1) is 0 Å². The van der Waals surface area contributed by atoms with Gasteiger partial charge in [-0.25, -0.2) is 0 Å². The Labute approximate surface area is 139 Å². The summed E-state index contributed by atoms with van der Waals surface area (Å²) in [5, 5.41) is 5.93. The summed E-state index contributed by atoms with van der Waals surface area (Å²) >= 11 is 8.02. The average Bonchev–Trinajstić information content (AvgIpc) is 3.04. The van der Waals surface area contributed by atoms with Gasteiger partial charge in [0.25, 0.3) is 0 Å². The Morgan fingerprint density at radius 3 is 2.77 bits per heavy atom. The van der Waals surface area contributed by atoms with E-state index in [1.807, 2.05) is 54.9 Å². The number of carbonyl (C=O) groups excluding carboxylic acids is 1. The third-order valence-corrected chi connectivity index (χ3v) is 5.45. The fraction of sp³-hybridized carbons (Fsp3) is 0.278. The van der Waals surface area contributed by atoms with Crippen molar-refractivity contribution in [2.75, 3.05) is 7.05 Å². The largest absolute Gasteiger partial charge is 0.304 e. The van der Waals surface area contributed by atoms with Gasteiger partial charge < -0.3 is 5.32 Å². The zero-order valence-corrected chi connectivity index (χ0v) is 14.0. The zero-order chi connectivity index (χ0) is 15.6. The number of carbonyl (C=O) groups is 1. The van der Waals surface area contributed by atoms with Crippen molar-refractivity contribution in [1.29, 1.82) is 0 Å². The Kier molecular flexibility index (Phi) is 4.48. The van der Waals surface area contributed by atoms with Crippen molar-refractivity contribution in [3.8, 4) is 0 Å². The number of halogens is 1. The third-order valence-electron chi connectivity index (χ3n) is 4.30. The Balaban J connectivity index is 2.05. The Morgan fingerprint density at radius 1 is 1.27 bits per heavy atom. The summed E-state index contributed by atoms with van der Waals surface area (Å²) < 4.78 is 0. The summed E-state index contributed by atoms with van der Waals surface area (Å²) in [6.45, 7) is 0. The molecule has 1 aromatic heterocycles. The number of likely N-dealkylation sites (N-methyl/N-ethyl adjacent to an activating group) is 1.